The molecule has 0 heterocycles. The SMILES string of the molecule is C[C@H](CC=C(F)S(=O)(=O)C(C)(C)C)[C@H]1CC[C@H]2C(=O)CCC[C@]12C. The van der Waals surface area contributed by atoms with Crippen LogP contribution >= 0.6 is 0 Å². The van der Waals surface area contributed by atoms with Gasteiger partial charge in [-0.2, -0.15) is 4.39 Å². The average Bonchev–Trinajstić information content (AvgIpc) is 2.81. The number of hydrogen-bond donors (Lipinski definition) is 0. The summed E-state index contributed by atoms with van der Waals surface area (Å²) >= 11 is 0. The van der Waals surface area contributed by atoms with Gasteiger partial charge in [-0.25, -0.2) is 8.42 Å². The van der Waals surface area contributed by atoms with E-state index in [2.05, 4.69) is 13.8 Å². The number of fused-ring (bicyclic) bond motifs is 1. The number of hydrogen-bond acceptors (Lipinski definition) is 3. The van der Waals surface area contributed by atoms with E-state index < -0.39 is 19.7 Å². The number of halogens is 1. The van der Waals surface area contributed by atoms with Crippen molar-refractivity contribution in [2.45, 2.75) is 77.9 Å². The second kappa shape index (κ2) is 6.54. The molecule has 0 amide bonds. The van der Waals surface area contributed by atoms with Crippen LogP contribution in [-0.4, -0.2) is 18.9 Å². The first-order valence-electron chi connectivity index (χ1n) is 9.04. The summed E-state index contributed by atoms with van der Waals surface area (Å²) in [5.74, 6) is 1.06. The summed E-state index contributed by atoms with van der Waals surface area (Å²) in [5, 5.41) is -1.01. The number of carbonyl (C=O) groups excluding carboxylic acids is 1. The Morgan fingerprint density at radius 3 is 2.58 bits per heavy atom. The maximum absolute atomic E-state index is 14.2. The highest BCUT2D eigenvalue weighted by atomic mass is 32.2. The highest BCUT2D eigenvalue weighted by Crippen LogP contribution is 2.57. The fraction of sp³-hybridized carbons (Fsp3) is 0.842. The van der Waals surface area contributed by atoms with Crippen LogP contribution in [0.1, 0.15) is 73.1 Å². The topological polar surface area (TPSA) is 51.2 Å². The van der Waals surface area contributed by atoms with Gasteiger partial charge in [0.25, 0.3) is 0 Å². The minimum absolute atomic E-state index is 0.00195. The maximum atomic E-state index is 14.2. The molecule has 0 bridgehead atoms. The van der Waals surface area contributed by atoms with E-state index in [0.29, 0.717) is 24.5 Å². The van der Waals surface area contributed by atoms with E-state index in [1.807, 2.05) is 0 Å². The van der Waals surface area contributed by atoms with E-state index in [4.69, 9.17) is 0 Å². The molecule has 0 radical (unpaired) electrons. The fourth-order valence-electron chi connectivity index (χ4n) is 4.75. The molecule has 2 rings (SSSR count). The smallest absolute Gasteiger partial charge is 0.211 e. The molecule has 5 heteroatoms. The molecule has 2 aliphatic carbocycles. The van der Waals surface area contributed by atoms with Crippen molar-refractivity contribution in [3.8, 4) is 0 Å². The molecular weight excluding hydrogens is 327 g/mol. The molecule has 0 unspecified atom stereocenters. The first-order valence-corrected chi connectivity index (χ1v) is 10.5. The predicted molar refractivity (Wildman–Crippen MR) is 94.8 cm³/mol. The summed E-state index contributed by atoms with van der Waals surface area (Å²) in [6, 6.07) is 0. The van der Waals surface area contributed by atoms with E-state index in [1.54, 1.807) is 0 Å². The summed E-state index contributed by atoms with van der Waals surface area (Å²) in [6.45, 7) is 8.79. The number of ketones is 1. The van der Waals surface area contributed by atoms with E-state index in [-0.39, 0.29) is 17.3 Å². The van der Waals surface area contributed by atoms with E-state index in [1.165, 1.54) is 26.8 Å². The second-order valence-corrected chi connectivity index (χ2v) is 11.5. The van der Waals surface area contributed by atoms with Crippen LogP contribution in [0.2, 0.25) is 0 Å². The zero-order valence-corrected chi connectivity index (χ0v) is 16.4. The zero-order valence-electron chi connectivity index (χ0n) is 15.6. The van der Waals surface area contributed by atoms with Crippen LogP contribution in [0.15, 0.2) is 11.2 Å². The van der Waals surface area contributed by atoms with Crippen molar-refractivity contribution < 1.29 is 17.6 Å². The van der Waals surface area contributed by atoms with Gasteiger partial charge in [0.05, 0.1) is 4.75 Å². The van der Waals surface area contributed by atoms with Gasteiger partial charge in [0, 0.05) is 12.3 Å². The zero-order chi connectivity index (χ0) is 18.3. The second-order valence-electron chi connectivity index (χ2n) is 8.90. The largest absolute Gasteiger partial charge is 0.299 e. The average molecular weight is 359 g/mol. The van der Waals surface area contributed by atoms with Gasteiger partial charge < -0.3 is 0 Å². The molecule has 2 aliphatic rings. The van der Waals surface area contributed by atoms with Crippen LogP contribution in [0.25, 0.3) is 0 Å². The third-order valence-corrected chi connectivity index (χ3v) is 8.63. The van der Waals surface area contributed by atoms with Gasteiger partial charge in [0.2, 0.25) is 15.0 Å². The summed E-state index contributed by atoms with van der Waals surface area (Å²) in [7, 11) is -3.90. The molecular formula is C19H31FO3S. The van der Waals surface area contributed by atoms with Crippen LogP contribution in [0.3, 0.4) is 0 Å². The lowest BCUT2D eigenvalue weighted by Gasteiger charge is -2.42. The van der Waals surface area contributed by atoms with Gasteiger partial charge in [-0.1, -0.05) is 13.8 Å². The summed E-state index contributed by atoms with van der Waals surface area (Å²) < 4.78 is 37.4. The third kappa shape index (κ3) is 3.33. The lowest BCUT2D eigenvalue weighted by Crippen LogP contribution is -2.39. The van der Waals surface area contributed by atoms with E-state index in [9.17, 15) is 17.6 Å². The van der Waals surface area contributed by atoms with Crippen molar-refractivity contribution in [1.29, 1.82) is 0 Å². The van der Waals surface area contributed by atoms with Crippen LogP contribution in [-0.2, 0) is 14.6 Å². The van der Waals surface area contributed by atoms with Crippen molar-refractivity contribution >= 4 is 15.6 Å². The molecule has 4 atom stereocenters. The van der Waals surface area contributed by atoms with Gasteiger partial charge in [-0.3, -0.25) is 4.79 Å². The Bertz CT molecular complexity index is 629. The summed E-state index contributed by atoms with van der Waals surface area (Å²) in [6.07, 6.45) is 6.24. The Kier molecular flexibility index (Phi) is 5.35. The summed E-state index contributed by atoms with van der Waals surface area (Å²) in [4.78, 5) is 12.2. The normalized spacial score (nSPS) is 33.4. The Balaban J connectivity index is 2.12. The van der Waals surface area contributed by atoms with Crippen molar-refractivity contribution in [2.75, 3.05) is 0 Å². The van der Waals surface area contributed by atoms with Crippen LogP contribution < -0.4 is 0 Å². The molecule has 0 spiro atoms. The fourth-order valence-corrected chi connectivity index (χ4v) is 5.65. The Labute approximate surface area is 146 Å². The minimum atomic E-state index is -3.90. The molecule has 0 aromatic heterocycles. The van der Waals surface area contributed by atoms with Crippen LogP contribution in [0.4, 0.5) is 4.39 Å². The highest BCUT2D eigenvalue weighted by molar-refractivity contribution is 7.96. The molecule has 0 saturated heterocycles. The Morgan fingerprint density at radius 2 is 2.00 bits per heavy atom. The highest BCUT2D eigenvalue weighted by Gasteiger charge is 2.52. The maximum Gasteiger partial charge on any atom is 0.211 e. The minimum Gasteiger partial charge on any atom is -0.299 e. The number of rotatable bonds is 4. The van der Waals surface area contributed by atoms with Gasteiger partial charge in [0.1, 0.15) is 5.78 Å². The summed E-state index contributed by atoms with van der Waals surface area (Å²) in [5.41, 5.74) is 0.00195. The molecule has 138 valence electrons. The quantitative estimate of drug-likeness (QED) is 0.724. The third-order valence-electron chi connectivity index (χ3n) is 6.34. The van der Waals surface area contributed by atoms with Gasteiger partial charge in [-0.05, 0) is 76.2 Å². The molecule has 0 aliphatic heterocycles. The molecule has 0 N–H and O–H groups in total. The Hall–Kier alpha value is -0.710. The lowest BCUT2D eigenvalue weighted by molar-refractivity contribution is -0.130. The van der Waals surface area contributed by atoms with E-state index in [0.717, 1.165) is 25.7 Å². The Morgan fingerprint density at radius 1 is 1.38 bits per heavy atom. The molecule has 3 nitrogen and oxygen atoms in total. The monoisotopic (exact) mass is 358 g/mol. The van der Waals surface area contributed by atoms with Crippen molar-refractivity contribution in [1.82, 2.24) is 0 Å². The number of allylic oxidation sites excluding steroid dienone is 1. The lowest BCUT2D eigenvalue weighted by atomic mass is 9.62. The first kappa shape index (κ1) is 19.6. The van der Waals surface area contributed by atoms with Crippen LogP contribution in [0.5, 0.6) is 0 Å². The number of carbonyl (C=O) groups is 1. The number of sulfone groups is 1. The van der Waals surface area contributed by atoms with E-state index >= 15 is 0 Å². The van der Waals surface area contributed by atoms with Gasteiger partial charge >= 0.3 is 0 Å². The molecule has 0 aromatic carbocycles. The molecule has 2 saturated carbocycles. The van der Waals surface area contributed by atoms with Crippen molar-refractivity contribution in [3.05, 3.63) is 11.2 Å². The molecule has 2 fully saturated rings. The van der Waals surface area contributed by atoms with Gasteiger partial charge in [-0.15, -0.1) is 0 Å². The van der Waals surface area contributed by atoms with Crippen molar-refractivity contribution in [3.63, 3.8) is 0 Å². The first-order chi connectivity index (χ1) is 10.9. The van der Waals surface area contributed by atoms with Crippen molar-refractivity contribution in [2.24, 2.45) is 23.2 Å². The van der Waals surface area contributed by atoms with Crippen LogP contribution in [0, 0.1) is 23.2 Å². The molecule has 24 heavy (non-hydrogen) atoms. The predicted octanol–water partition coefficient (Wildman–Crippen LogP) is 4.82. The number of Topliss-reactive ketones (excluding diaryl/α,β-unsaturated/α-hetero) is 1. The standard InChI is InChI=1S/C19H31FO3S/c1-13(8-11-17(20)24(22,23)18(2,3)4)14-9-10-15-16(21)7-6-12-19(14,15)5/h11,13-15H,6-10,12H2,1-5H3/t13-,14-,15+,19-/m1/s1. The molecule has 0 aromatic rings. The van der Waals surface area contributed by atoms with Gasteiger partial charge in [0.15, 0.2) is 0 Å².